The summed E-state index contributed by atoms with van der Waals surface area (Å²) in [6.07, 6.45) is 0. The fourth-order valence-corrected chi connectivity index (χ4v) is 5.97. The van der Waals surface area contributed by atoms with Gasteiger partial charge in [0.15, 0.2) is 5.82 Å². The summed E-state index contributed by atoms with van der Waals surface area (Å²) in [6, 6.07) is 57.2. The van der Waals surface area contributed by atoms with Crippen molar-refractivity contribution in [2.24, 2.45) is 0 Å². The molecule has 1 aromatic heterocycles. The summed E-state index contributed by atoms with van der Waals surface area (Å²) in [7, 11) is 0. The highest BCUT2D eigenvalue weighted by Crippen LogP contribution is 2.33. The van der Waals surface area contributed by atoms with Gasteiger partial charge in [-0.3, -0.25) is 0 Å². The van der Waals surface area contributed by atoms with Crippen molar-refractivity contribution in [2.75, 3.05) is 5.73 Å². The lowest BCUT2D eigenvalue weighted by Crippen LogP contribution is -1.95. The van der Waals surface area contributed by atoms with E-state index < -0.39 is 0 Å². The van der Waals surface area contributed by atoms with Gasteiger partial charge in [0.05, 0.1) is 11.2 Å². The third kappa shape index (κ3) is 5.21. The molecule has 0 saturated carbocycles. The Morgan fingerprint density at radius 1 is 0.356 bits per heavy atom. The van der Waals surface area contributed by atoms with E-state index in [2.05, 4.69) is 121 Å². The highest BCUT2D eigenvalue weighted by Gasteiger charge is 2.12. The molecule has 7 aromatic carbocycles. The lowest BCUT2D eigenvalue weighted by molar-refractivity contribution is 1.23. The molecule has 0 aliphatic carbocycles. The number of anilines is 1. The molecular formula is C42H29N3. The molecule has 8 rings (SSSR count). The van der Waals surface area contributed by atoms with Crippen LogP contribution in [0.2, 0.25) is 0 Å². The number of nitrogen functional groups attached to an aromatic ring is 1. The highest BCUT2D eigenvalue weighted by atomic mass is 14.9. The lowest BCUT2D eigenvalue weighted by atomic mass is 9.96. The fourth-order valence-electron chi connectivity index (χ4n) is 5.97. The minimum Gasteiger partial charge on any atom is -0.399 e. The Labute approximate surface area is 262 Å². The number of nitrogens with two attached hydrogens (primary N) is 1. The van der Waals surface area contributed by atoms with Gasteiger partial charge in [-0.15, -0.1) is 0 Å². The Kier molecular flexibility index (Phi) is 6.62. The van der Waals surface area contributed by atoms with Crippen molar-refractivity contribution in [1.82, 2.24) is 9.97 Å². The maximum absolute atomic E-state index is 5.86. The summed E-state index contributed by atoms with van der Waals surface area (Å²) in [5, 5.41) is 3.48. The van der Waals surface area contributed by atoms with Crippen LogP contribution < -0.4 is 5.73 Å². The number of hydrogen-bond donors (Lipinski definition) is 1. The number of aromatic nitrogens is 2. The standard InChI is InChI=1S/C42H29N3/c43-38-24-22-29(23-25-38)28-10-12-30(13-11-28)35-20-16-32-17-21-36(27-37(32)26-35)31-14-18-34(19-15-31)42-44-40-9-5-4-8-39(40)41(45-42)33-6-2-1-3-7-33/h1-27H,43H2. The smallest absolute Gasteiger partial charge is 0.160 e. The van der Waals surface area contributed by atoms with Crippen LogP contribution in [0, 0.1) is 0 Å². The van der Waals surface area contributed by atoms with Crippen molar-refractivity contribution in [3.8, 4) is 56.0 Å². The lowest BCUT2D eigenvalue weighted by Gasteiger charge is -2.10. The first-order valence-electron chi connectivity index (χ1n) is 15.1. The largest absolute Gasteiger partial charge is 0.399 e. The molecule has 0 atom stereocenters. The van der Waals surface area contributed by atoms with Crippen molar-refractivity contribution in [2.45, 2.75) is 0 Å². The molecule has 0 saturated heterocycles. The maximum atomic E-state index is 5.86. The van der Waals surface area contributed by atoms with E-state index in [4.69, 9.17) is 15.7 Å². The topological polar surface area (TPSA) is 51.8 Å². The van der Waals surface area contributed by atoms with E-state index in [1.54, 1.807) is 0 Å². The number of rotatable bonds is 5. The number of hydrogen-bond acceptors (Lipinski definition) is 3. The molecule has 45 heavy (non-hydrogen) atoms. The van der Waals surface area contributed by atoms with E-state index in [-0.39, 0.29) is 0 Å². The zero-order chi connectivity index (χ0) is 30.2. The summed E-state index contributed by atoms with van der Waals surface area (Å²) in [5.74, 6) is 0.727. The van der Waals surface area contributed by atoms with Gasteiger partial charge in [-0.05, 0) is 74.5 Å². The molecule has 2 N–H and O–H groups in total. The molecule has 0 aliphatic rings. The van der Waals surface area contributed by atoms with E-state index in [0.717, 1.165) is 50.4 Å². The van der Waals surface area contributed by atoms with Gasteiger partial charge in [0, 0.05) is 22.2 Å². The molecule has 0 unspecified atom stereocenters. The second-order valence-electron chi connectivity index (χ2n) is 11.3. The molecule has 1 heterocycles. The molecule has 0 radical (unpaired) electrons. The average molecular weight is 576 g/mol. The van der Waals surface area contributed by atoms with Crippen molar-refractivity contribution < 1.29 is 0 Å². The summed E-state index contributed by atoms with van der Waals surface area (Å²) in [5.41, 5.74) is 17.7. The second-order valence-corrected chi connectivity index (χ2v) is 11.3. The van der Waals surface area contributed by atoms with Crippen molar-refractivity contribution in [3.63, 3.8) is 0 Å². The molecule has 3 nitrogen and oxygen atoms in total. The zero-order valence-corrected chi connectivity index (χ0v) is 24.6. The number of nitrogens with zero attached hydrogens (tertiary/aromatic N) is 2. The Morgan fingerprint density at radius 2 is 0.844 bits per heavy atom. The van der Waals surface area contributed by atoms with Crippen molar-refractivity contribution in [3.05, 3.63) is 164 Å². The van der Waals surface area contributed by atoms with Gasteiger partial charge in [0.1, 0.15) is 0 Å². The maximum Gasteiger partial charge on any atom is 0.160 e. The SMILES string of the molecule is Nc1ccc(-c2ccc(-c3ccc4ccc(-c5ccc(-c6nc(-c7ccccc7)c7ccccc7n6)cc5)cc4c3)cc2)cc1. The van der Waals surface area contributed by atoms with E-state index >= 15 is 0 Å². The fraction of sp³-hybridized carbons (Fsp3) is 0. The van der Waals surface area contributed by atoms with Crippen LogP contribution in [-0.4, -0.2) is 9.97 Å². The first-order chi connectivity index (χ1) is 22.2. The normalized spacial score (nSPS) is 11.2. The van der Waals surface area contributed by atoms with Crippen LogP contribution in [0.1, 0.15) is 0 Å². The minimum absolute atomic E-state index is 0.727. The molecule has 0 bridgehead atoms. The first kappa shape index (κ1) is 26.6. The van der Waals surface area contributed by atoms with Crippen LogP contribution in [0.25, 0.3) is 77.7 Å². The summed E-state index contributed by atoms with van der Waals surface area (Å²) >= 11 is 0. The van der Waals surface area contributed by atoms with Gasteiger partial charge in [-0.2, -0.15) is 0 Å². The molecule has 0 amide bonds. The van der Waals surface area contributed by atoms with Crippen LogP contribution in [0.15, 0.2) is 164 Å². The third-order valence-corrected chi connectivity index (χ3v) is 8.43. The van der Waals surface area contributed by atoms with Gasteiger partial charge < -0.3 is 5.73 Å². The predicted octanol–water partition coefficient (Wildman–Crippen LogP) is 10.7. The highest BCUT2D eigenvalue weighted by molar-refractivity contribution is 5.94. The van der Waals surface area contributed by atoms with Crippen LogP contribution >= 0.6 is 0 Å². The van der Waals surface area contributed by atoms with Gasteiger partial charge in [0.2, 0.25) is 0 Å². The van der Waals surface area contributed by atoms with Crippen LogP contribution in [0.4, 0.5) is 5.69 Å². The third-order valence-electron chi connectivity index (χ3n) is 8.43. The molecular weight excluding hydrogens is 546 g/mol. The Balaban J connectivity index is 1.10. The monoisotopic (exact) mass is 575 g/mol. The number of fused-ring (bicyclic) bond motifs is 2. The zero-order valence-electron chi connectivity index (χ0n) is 24.6. The van der Waals surface area contributed by atoms with Gasteiger partial charge in [-0.1, -0.05) is 133 Å². The Bertz CT molecular complexity index is 2290. The minimum atomic E-state index is 0.727. The molecule has 212 valence electrons. The Hall–Kier alpha value is -6.06. The predicted molar refractivity (Wildman–Crippen MR) is 189 cm³/mol. The Morgan fingerprint density at radius 3 is 1.47 bits per heavy atom. The van der Waals surface area contributed by atoms with Crippen molar-refractivity contribution >= 4 is 27.4 Å². The van der Waals surface area contributed by atoms with Crippen molar-refractivity contribution in [1.29, 1.82) is 0 Å². The van der Waals surface area contributed by atoms with Gasteiger partial charge >= 0.3 is 0 Å². The van der Waals surface area contributed by atoms with E-state index in [9.17, 15) is 0 Å². The average Bonchev–Trinajstić information content (AvgIpc) is 3.11. The van der Waals surface area contributed by atoms with Gasteiger partial charge in [-0.25, -0.2) is 9.97 Å². The molecule has 0 fully saturated rings. The second kappa shape index (κ2) is 11.2. The number of para-hydroxylation sites is 1. The summed E-state index contributed by atoms with van der Waals surface area (Å²) in [4.78, 5) is 9.96. The summed E-state index contributed by atoms with van der Waals surface area (Å²) in [6.45, 7) is 0. The molecule has 3 heteroatoms. The molecule has 8 aromatic rings. The molecule has 0 spiro atoms. The number of benzene rings is 7. The van der Waals surface area contributed by atoms with Crippen LogP contribution in [0.3, 0.4) is 0 Å². The van der Waals surface area contributed by atoms with Gasteiger partial charge in [0.25, 0.3) is 0 Å². The van der Waals surface area contributed by atoms with E-state index in [1.165, 1.54) is 33.0 Å². The first-order valence-corrected chi connectivity index (χ1v) is 15.1. The van der Waals surface area contributed by atoms with E-state index in [1.807, 2.05) is 42.5 Å². The van der Waals surface area contributed by atoms with Crippen LogP contribution in [0.5, 0.6) is 0 Å². The quantitative estimate of drug-likeness (QED) is 0.208. The van der Waals surface area contributed by atoms with E-state index in [0.29, 0.717) is 0 Å². The summed E-state index contributed by atoms with van der Waals surface area (Å²) < 4.78 is 0. The molecule has 0 aliphatic heterocycles. The van der Waals surface area contributed by atoms with Crippen LogP contribution in [-0.2, 0) is 0 Å².